The number of nitrogens with zero attached hydrogens (tertiary/aromatic N) is 4. The number of aryl methyl sites for hydroxylation is 1. The van der Waals surface area contributed by atoms with Gasteiger partial charge in [0.25, 0.3) is 0 Å². The maximum absolute atomic E-state index is 11.0. The molecule has 0 aromatic carbocycles. The molecule has 0 unspecified atom stereocenters. The number of H-pyrrole nitrogens is 1. The largest absolute Gasteiger partial charge is 0.361 e. The van der Waals surface area contributed by atoms with Crippen molar-refractivity contribution in [3.8, 4) is 5.82 Å². The van der Waals surface area contributed by atoms with Gasteiger partial charge in [0.15, 0.2) is 5.82 Å². The van der Waals surface area contributed by atoms with E-state index in [4.69, 9.17) is 0 Å². The Labute approximate surface area is 79.6 Å². The molecule has 2 aromatic heterocycles. The Morgan fingerprint density at radius 3 is 3.07 bits per heavy atom. The topological polar surface area (TPSA) is 76.5 Å². The van der Waals surface area contributed by atoms with Crippen LogP contribution in [0.25, 0.3) is 5.82 Å². The van der Waals surface area contributed by atoms with E-state index < -0.39 is 0 Å². The average Bonchev–Trinajstić information content (AvgIpc) is 2.61. The molecular formula is C8H9N5O. The molecule has 0 aliphatic rings. The normalized spacial score (nSPS) is 10.4. The molecule has 72 valence electrons. The van der Waals surface area contributed by atoms with E-state index in [1.54, 1.807) is 16.9 Å². The third kappa shape index (κ3) is 1.41. The van der Waals surface area contributed by atoms with Crippen molar-refractivity contribution in [3.05, 3.63) is 34.9 Å². The molecule has 0 fully saturated rings. The molecule has 6 nitrogen and oxygen atoms in total. The Balaban J connectivity index is 2.56. The van der Waals surface area contributed by atoms with Crippen LogP contribution in [0.3, 0.4) is 0 Å². The van der Waals surface area contributed by atoms with Gasteiger partial charge in [-0.2, -0.15) is 4.98 Å². The first kappa shape index (κ1) is 8.61. The first-order valence-corrected chi connectivity index (χ1v) is 4.25. The number of rotatable bonds is 2. The van der Waals surface area contributed by atoms with Crippen molar-refractivity contribution in [3.63, 3.8) is 0 Å². The second-order valence-corrected chi connectivity index (χ2v) is 2.70. The minimum atomic E-state index is -0.361. The van der Waals surface area contributed by atoms with Crippen molar-refractivity contribution >= 4 is 0 Å². The van der Waals surface area contributed by atoms with Gasteiger partial charge in [-0.3, -0.25) is 0 Å². The maximum atomic E-state index is 11.0. The van der Waals surface area contributed by atoms with E-state index in [1.807, 2.05) is 6.92 Å². The highest BCUT2D eigenvalue weighted by Crippen LogP contribution is 2.01. The highest BCUT2D eigenvalue weighted by molar-refractivity contribution is 5.18. The first-order valence-electron chi connectivity index (χ1n) is 4.25. The summed E-state index contributed by atoms with van der Waals surface area (Å²) in [6, 6.07) is 1.71. The van der Waals surface area contributed by atoms with Gasteiger partial charge < -0.3 is 0 Å². The first-order chi connectivity index (χ1) is 6.81. The highest BCUT2D eigenvalue weighted by Gasteiger charge is 2.05. The summed E-state index contributed by atoms with van der Waals surface area (Å²) in [6.07, 6.45) is 3.70. The zero-order chi connectivity index (χ0) is 9.97. The lowest BCUT2D eigenvalue weighted by molar-refractivity contribution is 0.770. The summed E-state index contributed by atoms with van der Waals surface area (Å²) in [7, 11) is 0. The van der Waals surface area contributed by atoms with E-state index in [9.17, 15) is 4.79 Å². The summed E-state index contributed by atoms with van der Waals surface area (Å²) < 4.78 is 1.56. The molecule has 6 heteroatoms. The molecule has 0 atom stereocenters. The van der Waals surface area contributed by atoms with E-state index >= 15 is 0 Å². The second kappa shape index (κ2) is 3.41. The molecule has 0 aliphatic carbocycles. The van der Waals surface area contributed by atoms with E-state index in [0.29, 0.717) is 18.1 Å². The van der Waals surface area contributed by atoms with Crippen LogP contribution < -0.4 is 5.69 Å². The third-order valence-corrected chi connectivity index (χ3v) is 1.81. The number of hydrogen-bond donors (Lipinski definition) is 1. The number of aromatic nitrogens is 5. The Hall–Kier alpha value is -1.98. The number of nitrogens with one attached hydrogen (secondary N) is 1. The molecular weight excluding hydrogens is 182 g/mol. The molecule has 0 amide bonds. The monoisotopic (exact) mass is 191 g/mol. The highest BCUT2D eigenvalue weighted by atomic mass is 16.1. The van der Waals surface area contributed by atoms with Crippen molar-refractivity contribution in [2.24, 2.45) is 0 Å². The lowest BCUT2D eigenvalue weighted by Crippen LogP contribution is -2.07. The smallest absolute Gasteiger partial charge is 0.245 e. The number of aromatic amines is 1. The average molecular weight is 191 g/mol. The molecule has 0 saturated heterocycles. The quantitative estimate of drug-likeness (QED) is 0.719. The van der Waals surface area contributed by atoms with Crippen molar-refractivity contribution in [2.75, 3.05) is 0 Å². The fourth-order valence-corrected chi connectivity index (χ4v) is 1.20. The standard InChI is InChI=1S/C8H9N5O/c1-2-6-11-8(14)12-13(6)7-3-4-9-5-10-7/h3-5H,2H2,1H3,(H,12,14). The minimum absolute atomic E-state index is 0.361. The van der Waals surface area contributed by atoms with E-state index in [-0.39, 0.29) is 5.69 Å². The van der Waals surface area contributed by atoms with Crippen LogP contribution in [-0.4, -0.2) is 24.7 Å². The Kier molecular flexibility index (Phi) is 2.10. The molecule has 0 saturated carbocycles. The van der Waals surface area contributed by atoms with Crippen LogP contribution in [0.4, 0.5) is 0 Å². The molecule has 1 N–H and O–H groups in total. The van der Waals surface area contributed by atoms with Crippen molar-refractivity contribution < 1.29 is 0 Å². The summed E-state index contributed by atoms with van der Waals surface area (Å²) in [6.45, 7) is 1.92. The molecule has 0 spiro atoms. The van der Waals surface area contributed by atoms with Crippen LogP contribution >= 0.6 is 0 Å². The number of hydrogen-bond acceptors (Lipinski definition) is 4. The van der Waals surface area contributed by atoms with E-state index in [1.165, 1.54) is 6.33 Å². The fourth-order valence-electron chi connectivity index (χ4n) is 1.20. The van der Waals surface area contributed by atoms with Crippen LogP contribution in [0, 0.1) is 0 Å². The summed E-state index contributed by atoms with van der Waals surface area (Å²) in [5.41, 5.74) is -0.361. The van der Waals surface area contributed by atoms with Crippen molar-refractivity contribution in [1.29, 1.82) is 0 Å². The minimum Gasteiger partial charge on any atom is -0.245 e. The summed E-state index contributed by atoms with van der Waals surface area (Å²) in [5, 5.41) is 2.57. The SMILES string of the molecule is CCc1nc(=O)[nH]n1-c1ccncn1. The van der Waals surface area contributed by atoms with Gasteiger partial charge in [0, 0.05) is 18.7 Å². The molecule has 2 aromatic rings. The van der Waals surface area contributed by atoms with E-state index in [2.05, 4.69) is 20.1 Å². The fraction of sp³-hybridized carbons (Fsp3) is 0.250. The summed E-state index contributed by atoms with van der Waals surface area (Å²) >= 11 is 0. The van der Waals surface area contributed by atoms with Crippen LogP contribution in [-0.2, 0) is 6.42 Å². The zero-order valence-electron chi connectivity index (χ0n) is 7.64. The molecule has 0 radical (unpaired) electrons. The zero-order valence-corrected chi connectivity index (χ0v) is 7.64. The molecule has 14 heavy (non-hydrogen) atoms. The van der Waals surface area contributed by atoms with Gasteiger partial charge in [-0.25, -0.2) is 24.5 Å². The lowest BCUT2D eigenvalue weighted by atomic mass is 10.4. The molecule has 2 rings (SSSR count). The third-order valence-electron chi connectivity index (χ3n) is 1.81. The van der Waals surface area contributed by atoms with Crippen LogP contribution in [0.1, 0.15) is 12.7 Å². The Morgan fingerprint density at radius 1 is 1.57 bits per heavy atom. The van der Waals surface area contributed by atoms with Gasteiger partial charge in [-0.15, -0.1) is 0 Å². The van der Waals surface area contributed by atoms with Gasteiger partial charge in [-0.1, -0.05) is 6.92 Å². The Morgan fingerprint density at radius 2 is 2.43 bits per heavy atom. The molecule has 2 heterocycles. The van der Waals surface area contributed by atoms with Gasteiger partial charge in [0.05, 0.1) is 0 Å². The maximum Gasteiger partial charge on any atom is 0.361 e. The predicted octanol–water partition coefficient (Wildman–Crippen LogP) is -0.0870. The lowest BCUT2D eigenvalue weighted by Gasteiger charge is -2.01. The molecule has 0 aliphatic heterocycles. The van der Waals surface area contributed by atoms with E-state index in [0.717, 1.165) is 0 Å². The van der Waals surface area contributed by atoms with Gasteiger partial charge in [0.2, 0.25) is 0 Å². The van der Waals surface area contributed by atoms with Crippen molar-refractivity contribution in [1.82, 2.24) is 24.7 Å². The van der Waals surface area contributed by atoms with Crippen LogP contribution in [0.2, 0.25) is 0 Å². The van der Waals surface area contributed by atoms with Gasteiger partial charge in [0.1, 0.15) is 12.2 Å². The van der Waals surface area contributed by atoms with Crippen LogP contribution in [0.5, 0.6) is 0 Å². The second-order valence-electron chi connectivity index (χ2n) is 2.70. The molecule has 0 bridgehead atoms. The summed E-state index contributed by atoms with van der Waals surface area (Å²) in [5.74, 6) is 1.28. The Bertz CT molecular complexity index is 472. The predicted molar refractivity (Wildman–Crippen MR) is 49.2 cm³/mol. The van der Waals surface area contributed by atoms with Crippen molar-refractivity contribution in [2.45, 2.75) is 13.3 Å². The van der Waals surface area contributed by atoms with Gasteiger partial charge in [-0.05, 0) is 0 Å². The van der Waals surface area contributed by atoms with Crippen LogP contribution in [0.15, 0.2) is 23.4 Å². The van der Waals surface area contributed by atoms with Gasteiger partial charge >= 0.3 is 5.69 Å². The summed E-state index contributed by atoms with van der Waals surface area (Å²) in [4.78, 5) is 22.6.